The maximum absolute atomic E-state index is 12.4. The second-order valence-electron chi connectivity index (χ2n) is 6.51. The van der Waals surface area contributed by atoms with Crippen LogP contribution in [0.1, 0.15) is 26.3 Å². The molecule has 0 fully saturated rings. The molecule has 9 heteroatoms. The van der Waals surface area contributed by atoms with Gasteiger partial charge in [0, 0.05) is 5.56 Å². The van der Waals surface area contributed by atoms with Gasteiger partial charge in [0.1, 0.15) is 5.75 Å². The highest BCUT2D eigenvalue weighted by atomic mass is 32.2. The number of hydrogen-bond donors (Lipinski definition) is 1. The number of ether oxygens (including phenoxy) is 1. The summed E-state index contributed by atoms with van der Waals surface area (Å²) in [5, 5.41) is 8.87. The molecule has 7 nitrogen and oxygen atoms in total. The van der Waals surface area contributed by atoms with Crippen LogP contribution in [0.4, 0.5) is 5.69 Å². The number of rotatable bonds is 7. The third kappa shape index (κ3) is 5.22. The van der Waals surface area contributed by atoms with Crippen LogP contribution in [0, 0.1) is 0 Å². The van der Waals surface area contributed by atoms with Gasteiger partial charge >= 0.3 is 5.97 Å². The lowest BCUT2D eigenvalue weighted by Gasteiger charge is -2.28. The Bertz CT molecular complexity index is 696. The molecule has 0 aliphatic carbocycles. The van der Waals surface area contributed by atoms with E-state index in [-0.39, 0.29) is 11.1 Å². The van der Waals surface area contributed by atoms with Crippen molar-refractivity contribution in [2.45, 2.75) is 39.3 Å². The first-order valence-corrected chi connectivity index (χ1v) is 11.3. The molecule has 0 aliphatic heterocycles. The summed E-state index contributed by atoms with van der Waals surface area (Å²) in [6.07, 6.45) is 0. The molecule has 1 N–H and O–H groups in total. The van der Waals surface area contributed by atoms with E-state index in [1.807, 2.05) is 20.8 Å². The number of hydrogen-bond acceptors (Lipinski definition) is 5. The van der Waals surface area contributed by atoms with E-state index in [1.54, 1.807) is 32.3 Å². The quantitative estimate of drug-likeness (QED) is 0.582. The monoisotopic (exact) mass is 374 g/mol. The number of benzene rings is 1. The van der Waals surface area contributed by atoms with E-state index in [0.717, 1.165) is 10.0 Å². The van der Waals surface area contributed by atoms with Crippen molar-refractivity contribution in [3.05, 3.63) is 23.8 Å². The fraction of sp³-hybridized carbons (Fsp3) is 0.533. The van der Waals surface area contributed by atoms with Gasteiger partial charge in [-0.25, -0.2) is 8.42 Å². The van der Waals surface area contributed by atoms with Crippen LogP contribution in [-0.2, 0) is 24.8 Å². The fourth-order valence-corrected chi connectivity index (χ4v) is 4.25. The average molecular weight is 375 g/mol. The average Bonchev–Trinajstić information content (AvgIpc) is 2.41. The van der Waals surface area contributed by atoms with E-state index < -0.39 is 30.8 Å². The highest BCUT2D eigenvalue weighted by molar-refractivity contribution is 7.93. The molecule has 0 heterocycles. The van der Waals surface area contributed by atoms with Crippen molar-refractivity contribution >= 4 is 30.7 Å². The number of carboxylic acid groups (broad SMARTS) is 1. The molecule has 0 aliphatic rings. The Morgan fingerprint density at radius 2 is 1.88 bits per heavy atom. The van der Waals surface area contributed by atoms with Crippen molar-refractivity contribution in [1.82, 2.24) is 0 Å². The van der Waals surface area contributed by atoms with Gasteiger partial charge in [-0.3, -0.25) is 4.79 Å². The number of nitrogens with zero attached hydrogens (tertiary/aromatic N) is 1. The van der Waals surface area contributed by atoms with E-state index in [0.29, 0.717) is 5.75 Å². The molecule has 0 aromatic heterocycles. The molecule has 1 aromatic rings. The maximum atomic E-state index is 12.4. The van der Waals surface area contributed by atoms with Gasteiger partial charge in [0.05, 0.1) is 12.8 Å². The van der Waals surface area contributed by atoms with E-state index in [9.17, 15) is 13.2 Å². The topological polar surface area (TPSA) is 93.1 Å². The summed E-state index contributed by atoms with van der Waals surface area (Å²) in [4.78, 5) is 10.9. The van der Waals surface area contributed by atoms with Crippen molar-refractivity contribution in [3.8, 4) is 5.75 Å². The van der Waals surface area contributed by atoms with Gasteiger partial charge in [0.25, 0.3) is 10.0 Å². The Balaban J connectivity index is 3.47. The lowest BCUT2D eigenvalue weighted by atomic mass is 9.86. The number of aliphatic carboxylic acids is 1. The van der Waals surface area contributed by atoms with Crippen LogP contribution in [-0.4, -0.2) is 41.4 Å². The minimum Gasteiger partial charge on any atom is -0.496 e. The van der Waals surface area contributed by atoms with Gasteiger partial charge in [-0.1, -0.05) is 20.8 Å². The van der Waals surface area contributed by atoms with E-state index in [4.69, 9.17) is 14.4 Å². The molecule has 0 amide bonds. The predicted octanol–water partition coefficient (Wildman–Crippen LogP) is 2.40. The summed E-state index contributed by atoms with van der Waals surface area (Å²) in [6.45, 7) is 9.45. The number of carboxylic acids is 1. The largest absolute Gasteiger partial charge is 0.496 e. The predicted molar refractivity (Wildman–Crippen MR) is 94.2 cm³/mol. The molecule has 1 radical (unpaired) electrons. The molecule has 0 saturated heterocycles. The molecular formula is C15H24NO6SSi. The lowest BCUT2D eigenvalue weighted by Crippen LogP contribution is -2.38. The molecule has 0 spiro atoms. The summed E-state index contributed by atoms with van der Waals surface area (Å²) in [5.74, 6) is -1.85. The van der Waals surface area contributed by atoms with Gasteiger partial charge in [0.2, 0.25) is 9.04 Å². The van der Waals surface area contributed by atoms with Crippen molar-refractivity contribution < 1.29 is 27.6 Å². The Morgan fingerprint density at radius 3 is 2.29 bits per heavy atom. The number of anilines is 1. The zero-order chi connectivity index (χ0) is 18.7. The highest BCUT2D eigenvalue weighted by Crippen LogP contribution is 2.35. The summed E-state index contributed by atoms with van der Waals surface area (Å²) >= 11 is 0. The summed E-state index contributed by atoms with van der Waals surface area (Å²) in [6, 6.07) is 4.85. The minimum absolute atomic E-state index is 0.258. The number of sulfonamides is 1. The van der Waals surface area contributed by atoms with Crippen LogP contribution in [0.2, 0.25) is 13.1 Å². The Morgan fingerprint density at radius 1 is 1.29 bits per heavy atom. The first-order chi connectivity index (χ1) is 10.9. The first-order valence-electron chi connectivity index (χ1n) is 7.30. The normalized spacial score (nSPS) is 12.3. The van der Waals surface area contributed by atoms with Crippen molar-refractivity contribution in [3.63, 3.8) is 0 Å². The number of carbonyl (C=O) groups is 1. The molecule has 135 valence electrons. The van der Waals surface area contributed by atoms with E-state index in [1.165, 1.54) is 6.07 Å². The first kappa shape index (κ1) is 20.5. The Labute approximate surface area is 144 Å². The highest BCUT2D eigenvalue weighted by Gasteiger charge is 2.30. The molecular weight excluding hydrogens is 350 g/mol. The summed E-state index contributed by atoms with van der Waals surface area (Å²) in [5.41, 5.74) is 0.756. The fourth-order valence-electron chi connectivity index (χ4n) is 2.05. The molecule has 0 bridgehead atoms. The summed E-state index contributed by atoms with van der Waals surface area (Å²) in [7, 11) is -4.05. The van der Waals surface area contributed by atoms with Crippen molar-refractivity contribution in [1.29, 1.82) is 0 Å². The van der Waals surface area contributed by atoms with Crippen molar-refractivity contribution in [2.75, 3.05) is 17.3 Å². The number of methoxy groups -OCH3 is 1. The zero-order valence-corrected chi connectivity index (χ0v) is 16.6. The van der Waals surface area contributed by atoms with Crippen LogP contribution in [0.15, 0.2) is 18.2 Å². The molecule has 0 unspecified atom stereocenters. The molecule has 0 saturated carbocycles. The van der Waals surface area contributed by atoms with Crippen LogP contribution >= 0.6 is 0 Å². The van der Waals surface area contributed by atoms with Crippen LogP contribution in [0.25, 0.3) is 0 Å². The third-order valence-corrected chi connectivity index (χ3v) is 5.11. The summed E-state index contributed by atoms with van der Waals surface area (Å²) < 4.78 is 36.3. The van der Waals surface area contributed by atoms with Gasteiger partial charge in [0.15, 0.2) is 5.75 Å². The third-order valence-electron chi connectivity index (χ3n) is 3.03. The molecule has 1 aromatic carbocycles. The van der Waals surface area contributed by atoms with Gasteiger partial charge in [-0.15, -0.1) is 0 Å². The molecule has 1 rings (SSSR count). The van der Waals surface area contributed by atoms with Gasteiger partial charge < -0.3 is 14.4 Å². The van der Waals surface area contributed by atoms with Crippen LogP contribution in [0.5, 0.6) is 5.75 Å². The SMILES string of the molecule is COc1ccc(N(O[Si](C)C)S(=O)(=O)CC(=O)O)cc1C(C)(C)C. The smallest absolute Gasteiger partial charge is 0.320 e. The second kappa shape index (κ2) is 7.54. The van der Waals surface area contributed by atoms with E-state index in [2.05, 4.69) is 0 Å². The Hall–Kier alpha value is -1.58. The standard InChI is InChI=1S/C15H24NO6SSi/c1-15(2,3)12-9-11(7-8-13(12)21-4)16(22-24(5)6)23(19,20)10-14(17)18/h7-9H,10H2,1-6H3,(H,17,18). The van der Waals surface area contributed by atoms with Crippen LogP contribution < -0.4 is 9.21 Å². The molecule has 24 heavy (non-hydrogen) atoms. The van der Waals surface area contributed by atoms with Gasteiger partial charge in [-0.05, 0) is 36.7 Å². The zero-order valence-electron chi connectivity index (χ0n) is 14.8. The van der Waals surface area contributed by atoms with Crippen LogP contribution in [0.3, 0.4) is 0 Å². The lowest BCUT2D eigenvalue weighted by molar-refractivity contribution is -0.134. The second-order valence-corrected chi connectivity index (χ2v) is 10.3. The maximum Gasteiger partial charge on any atom is 0.320 e. The molecule has 0 atom stereocenters. The van der Waals surface area contributed by atoms with Crippen molar-refractivity contribution in [2.24, 2.45) is 0 Å². The van der Waals surface area contributed by atoms with E-state index >= 15 is 0 Å². The minimum atomic E-state index is -4.16. The van der Waals surface area contributed by atoms with Gasteiger partial charge in [-0.2, -0.15) is 4.47 Å². The Kier molecular flexibility index (Phi) is 6.43.